The summed E-state index contributed by atoms with van der Waals surface area (Å²) in [6, 6.07) is 5.83. The van der Waals surface area contributed by atoms with E-state index in [1.165, 1.54) is 0 Å². The molecule has 22 heavy (non-hydrogen) atoms. The zero-order valence-corrected chi connectivity index (χ0v) is 12.6. The third-order valence-electron chi connectivity index (χ3n) is 3.81. The number of hydrogen-bond donors (Lipinski definition) is 1. The summed E-state index contributed by atoms with van der Waals surface area (Å²) in [5.74, 6) is 0.0588. The van der Waals surface area contributed by atoms with Crippen molar-refractivity contribution in [3.63, 3.8) is 0 Å². The van der Waals surface area contributed by atoms with Crippen LogP contribution in [-0.4, -0.2) is 43.1 Å². The Balaban J connectivity index is 1.67. The number of cyclic esters (lactones) is 1. The molecule has 2 aromatic rings. The van der Waals surface area contributed by atoms with E-state index < -0.39 is 0 Å². The number of amides is 2. The molecule has 116 valence electrons. The van der Waals surface area contributed by atoms with Crippen molar-refractivity contribution in [1.82, 2.24) is 10.2 Å². The Labute approximate surface area is 128 Å². The maximum atomic E-state index is 12.2. The van der Waals surface area contributed by atoms with E-state index >= 15 is 0 Å². The van der Waals surface area contributed by atoms with Crippen LogP contribution < -0.4 is 5.32 Å². The van der Waals surface area contributed by atoms with E-state index in [9.17, 15) is 9.59 Å². The Bertz CT molecular complexity index is 735. The molecule has 0 aliphatic carbocycles. The van der Waals surface area contributed by atoms with E-state index in [4.69, 9.17) is 9.15 Å². The summed E-state index contributed by atoms with van der Waals surface area (Å²) in [6.45, 7) is 5.65. The fraction of sp³-hybridized carbons (Fsp3) is 0.375. The largest absolute Gasteiger partial charge is 0.451 e. The van der Waals surface area contributed by atoms with Crippen LogP contribution in [0.25, 0.3) is 11.0 Å². The average molecular weight is 302 g/mol. The highest BCUT2D eigenvalue weighted by atomic mass is 16.6. The number of furan rings is 1. The zero-order chi connectivity index (χ0) is 15.7. The number of benzene rings is 1. The second-order valence-electron chi connectivity index (χ2n) is 5.41. The quantitative estimate of drug-likeness (QED) is 0.940. The second kappa shape index (κ2) is 5.71. The van der Waals surface area contributed by atoms with E-state index in [2.05, 4.69) is 5.32 Å². The molecule has 1 fully saturated rings. The van der Waals surface area contributed by atoms with Gasteiger partial charge in [0.05, 0.1) is 6.54 Å². The predicted octanol–water partition coefficient (Wildman–Crippen LogP) is 2.23. The molecule has 0 spiro atoms. The summed E-state index contributed by atoms with van der Waals surface area (Å²) in [7, 11) is 0. The van der Waals surface area contributed by atoms with Crippen LogP contribution in [0.2, 0.25) is 0 Å². The van der Waals surface area contributed by atoms with E-state index in [1.807, 2.05) is 32.0 Å². The topological polar surface area (TPSA) is 71.8 Å². The molecule has 1 aromatic carbocycles. The molecule has 1 N–H and O–H groups in total. The minimum absolute atomic E-state index is 0.265. The van der Waals surface area contributed by atoms with Gasteiger partial charge >= 0.3 is 6.09 Å². The van der Waals surface area contributed by atoms with Crippen LogP contribution in [0.1, 0.15) is 21.7 Å². The van der Waals surface area contributed by atoms with Crippen molar-refractivity contribution in [2.24, 2.45) is 0 Å². The van der Waals surface area contributed by atoms with Crippen molar-refractivity contribution < 1.29 is 18.7 Å². The van der Waals surface area contributed by atoms with Crippen LogP contribution in [0, 0.1) is 13.8 Å². The number of carbonyl (C=O) groups is 2. The van der Waals surface area contributed by atoms with Gasteiger partial charge in [0.2, 0.25) is 0 Å². The van der Waals surface area contributed by atoms with Gasteiger partial charge in [-0.2, -0.15) is 0 Å². The van der Waals surface area contributed by atoms with Crippen molar-refractivity contribution in [1.29, 1.82) is 0 Å². The highest BCUT2D eigenvalue weighted by Gasteiger charge is 2.22. The van der Waals surface area contributed by atoms with Crippen molar-refractivity contribution >= 4 is 23.0 Å². The Kier molecular flexibility index (Phi) is 3.75. The molecule has 6 heteroatoms. The van der Waals surface area contributed by atoms with Gasteiger partial charge in [0.15, 0.2) is 5.76 Å². The van der Waals surface area contributed by atoms with Crippen molar-refractivity contribution in [3.05, 3.63) is 35.1 Å². The molecular weight excluding hydrogens is 284 g/mol. The minimum Gasteiger partial charge on any atom is -0.451 e. The van der Waals surface area contributed by atoms with Crippen LogP contribution in [0.3, 0.4) is 0 Å². The van der Waals surface area contributed by atoms with Gasteiger partial charge in [0.1, 0.15) is 12.2 Å². The molecule has 6 nitrogen and oxygen atoms in total. The zero-order valence-electron chi connectivity index (χ0n) is 12.6. The summed E-state index contributed by atoms with van der Waals surface area (Å²) >= 11 is 0. The number of fused-ring (bicyclic) bond motifs is 1. The predicted molar refractivity (Wildman–Crippen MR) is 80.9 cm³/mol. The maximum absolute atomic E-state index is 12.2. The minimum atomic E-state index is -0.329. The summed E-state index contributed by atoms with van der Waals surface area (Å²) < 4.78 is 10.5. The van der Waals surface area contributed by atoms with E-state index in [-0.39, 0.29) is 12.0 Å². The maximum Gasteiger partial charge on any atom is 0.409 e. The first-order valence-electron chi connectivity index (χ1n) is 7.26. The SMILES string of the molecule is Cc1ccc2oc(C(=O)NCCN3CCOC3=O)c(C)c2c1. The number of nitrogens with zero attached hydrogens (tertiary/aromatic N) is 1. The molecule has 0 unspecified atom stereocenters. The van der Waals surface area contributed by atoms with E-state index in [0.29, 0.717) is 37.6 Å². The lowest BCUT2D eigenvalue weighted by Crippen LogP contribution is -2.35. The first-order chi connectivity index (χ1) is 10.6. The van der Waals surface area contributed by atoms with E-state index in [0.717, 1.165) is 16.5 Å². The third kappa shape index (κ3) is 2.64. The molecule has 1 saturated heterocycles. The second-order valence-corrected chi connectivity index (χ2v) is 5.41. The van der Waals surface area contributed by atoms with Gasteiger partial charge in [-0.25, -0.2) is 4.79 Å². The lowest BCUT2D eigenvalue weighted by atomic mass is 10.1. The molecular formula is C16H18N2O4. The van der Waals surface area contributed by atoms with Gasteiger partial charge < -0.3 is 19.4 Å². The van der Waals surface area contributed by atoms with Crippen LogP contribution in [0.15, 0.2) is 22.6 Å². The molecule has 2 amide bonds. The summed E-state index contributed by atoms with van der Waals surface area (Å²) in [5.41, 5.74) is 2.66. The molecule has 1 aromatic heterocycles. The Morgan fingerprint density at radius 2 is 2.18 bits per heavy atom. The highest BCUT2D eigenvalue weighted by molar-refractivity contribution is 5.99. The summed E-state index contributed by atoms with van der Waals surface area (Å²) in [6.07, 6.45) is -0.329. The number of rotatable bonds is 4. The molecule has 2 heterocycles. The molecule has 0 bridgehead atoms. The normalized spacial score (nSPS) is 14.5. The first-order valence-corrected chi connectivity index (χ1v) is 7.26. The van der Waals surface area contributed by atoms with Crippen molar-refractivity contribution in [2.75, 3.05) is 26.2 Å². The lowest BCUT2D eigenvalue weighted by Gasteiger charge is -2.12. The van der Waals surface area contributed by atoms with Crippen LogP contribution in [0.5, 0.6) is 0 Å². The van der Waals surface area contributed by atoms with Gasteiger partial charge in [-0.1, -0.05) is 11.6 Å². The monoisotopic (exact) mass is 302 g/mol. The smallest absolute Gasteiger partial charge is 0.409 e. The van der Waals surface area contributed by atoms with Crippen LogP contribution in [-0.2, 0) is 4.74 Å². The van der Waals surface area contributed by atoms with Crippen LogP contribution in [0.4, 0.5) is 4.79 Å². The van der Waals surface area contributed by atoms with Gasteiger partial charge in [-0.3, -0.25) is 4.79 Å². The third-order valence-corrected chi connectivity index (χ3v) is 3.81. The van der Waals surface area contributed by atoms with Gasteiger partial charge in [-0.05, 0) is 26.0 Å². The fourth-order valence-electron chi connectivity index (χ4n) is 2.56. The Morgan fingerprint density at radius 1 is 1.36 bits per heavy atom. The standard InChI is InChI=1S/C16H18N2O4/c1-10-3-4-13-12(9-10)11(2)14(22-13)15(19)17-5-6-18-7-8-21-16(18)20/h3-4,9H,5-8H2,1-2H3,(H,17,19). The van der Waals surface area contributed by atoms with Gasteiger partial charge in [0, 0.05) is 24.0 Å². The highest BCUT2D eigenvalue weighted by Crippen LogP contribution is 2.26. The Hall–Kier alpha value is -2.50. The van der Waals surface area contributed by atoms with E-state index in [1.54, 1.807) is 4.90 Å². The number of hydrogen-bond acceptors (Lipinski definition) is 4. The van der Waals surface area contributed by atoms with Gasteiger partial charge in [0.25, 0.3) is 5.91 Å². The van der Waals surface area contributed by atoms with Crippen molar-refractivity contribution in [2.45, 2.75) is 13.8 Å². The van der Waals surface area contributed by atoms with Gasteiger partial charge in [-0.15, -0.1) is 0 Å². The number of nitrogens with one attached hydrogen (secondary N) is 1. The summed E-state index contributed by atoms with van der Waals surface area (Å²) in [5, 5.41) is 3.73. The fourth-order valence-corrected chi connectivity index (χ4v) is 2.56. The molecule has 0 radical (unpaired) electrons. The molecule has 3 rings (SSSR count). The number of ether oxygens (including phenoxy) is 1. The number of carbonyl (C=O) groups excluding carboxylic acids is 2. The van der Waals surface area contributed by atoms with Crippen molar-refractivity contribution in [3.8, 4) is 0 Å². The Morgan fingerprint density at radius 3 is 2.91 bits per heavy atom. The number of aryl methyl sites for hydroxylation is 2. The molecule has 0 saturated carbocycles. The molecule has 1 aliphatic rings. The summed E-state index contributed by atoms with van der Waals surface area (Å²) in [4.78, 5) is 25.1. The lowest BCUT2D eigenvalue weighted by molar-refractivity contribution is 0.0922. The molecule has 1 aliphatic heterocycles. The van der Waals surface area contributed by atoms with Crippen LogP contribution >= 0.6 is 0 Å². The molecule has 0 atom stereocenters. The average Bonchev–Trinajstić information content (AvgIpc) is 3.04. The first kappa shape index (κ1) is 14.4.